The van der Waals surface area contributed by atoms with E-state index in [0.29, 0.717) is 19.8 Å². The fourth-order valence-corrected chi connectivity index (χ4v) is 3.73. The molecule has 0 saturated carbocycles. The second-order valence-corrected chi connectivity index (χ2v) is 10.7. The van der Waals surface area contributed by atoms with Crippen molar-refractivity contribution in [3.63, 3.8) is 0 Å². The number of unbranched alkanes of at least 4 members (excludes halogenated alkanes) is 10. The molecule has 2 rings (SSSR count). The third-order valence-electron chi connectivity index (χ3n) is 5.85. The second kappa shape index (κ2) is 29.7. The van der Waals surface area contributed by atoms with Crippen LogP contribution in [0.2, 0.25) is 0 Å². The molecule has 0 fully saturated rings. The molecule has 11 nitrogen and oxygen atoms in total. The molecule has 0 radical (unpaired) electrons. The molecule has 2 aromatic heterocycles. The Bertz CT molecular complexity index is 838. The van der Waals surface area contributed by atoms with Crippen LogP contribution in [-0.2, 0) is 47.1 Å². The Morgan fingerprint density at radius 2 is 1.10 bits per heavy atom. The molecule has 0 saturated heterocycles. The maximum absolute atomic E-state index is 8.52. The van der Waals surface area contributed by atoms with Gasteiger partial charge >= 0.3 is 0 Å². The van der Waals surface area contributed by atoms with Crippen LogP contribution in [0.15, 0.2) is 37.4 Å². The molecule has 0 aliphatic carbocycles. The number of hydrogen-bond donors (Lipinski definition) is 1. The Morgan fingerprint density at radius 3 is 1.41 bits per heavy atom. The maximum Gasteiger partial charge on any atom is 0.243 e. The normalized spacial score (nSPS) is 10.6. The van der Waals surface area contributed by atoms with Crippen LogP contribution in [0.3, 0.4) is 0 Å². The summed E-state index contributed by atoms with van der Waals surface area (Å²) in [6, 6.07) is 0. The predicted molar refractivity (Wildman–Crippen MR) is 158 cm³/mol. The molecule has 41 heavy (non-hydrogen) atoms. The van der Waals surface area contributed by atoms with Gasteiger partial charge in [-0.15, -0.1) is 0 Å². The fourth-order valence-electron chi connectivity index (χ4n) is 3.73. The first-order valence-electron chi connectivity index (χ1n) is 14.9. The van der Waals surface area contributed by atoms with E-state index >= 15 is 0 Å². The van der Waals surface area contributed by atoms with Crippen LogP contribution in [0, 0.1) is 0 Å². The minimum absolute atomic E-state index is 0.0870. The highest BCUT2D eigenvalue weighted by Gasteiger charge is 1.99. The van der Waals surface area contributed by atoms with Crippen LogP contribution in [0.25, 0.3) is 0 Å². The van der Waals surface area contributed by atoms with Gasteiger partial charge in [-0.1, -0.05) is 65.2 Å². The molecule has 242 valence electrons. The Morgan fingerprint density at radius 1 is 0.707 bits per heavy atom. The summed E-state index contributed by atoms with van der Waals surface area (Å²) in [7, 11) is 0.581. The topological polar surface area (TPSA) is 137 Å². The first-order chi connectivity index (χ1) is 19.6. The Kier molecular flexibility index (Phi) is 29.9. The number of aromatic nitrogens is 4. The number of aliphatic hydroxyl groups is 1. The van der Waals surface area contributed by atoms with Gasteiger partial charge in [0, 0.05) is 17.5 Å². The largest absolute Gasteiger partial charge is 0.759 e. The standard InChI is InChI=1S/2C12H23N2.C5H12O3.H2O4S/c2*1-3-4-5-6-7-8-9-14-11-10-13(2)12-14;1-7-4-5-8-3-2-6;1-5(2,3)4/h2*10-12H,3-9H2,1-2H3;6H,2-5H2,1H3;(H2,1,2,3,4)/q2*+1;;/p-2. The molecule has 0 aromatic carbocycles. The zero-order chi connectivity index (χ0) is 31.2. The molecule has 0 unspecified atom stereocenters. The summed E-state index contributed by atoms with van der Waals surface area (Å²) in [6.45, 7) is 8.53. The van der Waals surface area contributed by atoms with E-state index < -0.39 is 10.4 Å². The maximum atomic E-state index is 8.52. The third kappa shape index (κ3) is 36.1. The molecule has 0 aliphatic heterocycles. The molecule has 0 bridgehead atoms. The zero-order valence-electron chi connectivity index (χ0n) is 26.3. The minimum Gasteiger partial charge on any atom is -0.759 e. The number of aliphatic hydroxyl groups excluding tert-OH is 1. The van der Waals surface area contributed by atoms with E-state index in [1.165, 1.54) is 90.1 Å². The highest BCUT2D eigenvalue weighted by molar-refractivity contribution is 7.79. The number of imidazole rings is 2. The van der Waals surface area contributed by atoms with Gasteiger partial charge in [0.15, 0.2) is 0 Å². The molecule has 0 amide bonds. The fraction of sp³-hybridized carbons (Fsp3) is 0.793. The average Bonchev–Trinajstić information content (AvgIpc) is 3.53. The van der Waals surface area contributed by atoms with Crippen LogP contribution in [0.5, 0.6) is 0 Å². The van der Waals surface area contributed by atoms with Gasteiger partial charge < -0.3 is 23.7 Å². The number of nitrogens with zero attached hydrogens (tertiary/aromatic N) is 4. The highest BCUT2D eigenvalue weighted by Crippen LogP contribution is 2.06. The molecule has 12 heteroatoms. The van der Waals surface area contributed by atoms with Gasteiger partial charge in [0.05, 0.1) is 53.6 Å². The van der Waals surface area contributed by atoms with Crippen molar-refractivity contribution in [3.05, 3.63) is 37.4 Å². The predicted octanol–water partition coefficient (Wildman–Crippen LogP) is 3.65. The monoisotopic (exact) mass is 606 g/mol. The molecule has 2 aromatic rings. The van der Waals surface area contributed by atoms with Crippen LogP contribution < -0.4 is 9.13 Å². The van der Waals surface area contributed by atoms with Gasteiger partial charge in [-0.2, -0.15) is 0 Å². The summed E-state index contributed by atoms with van der Waals surface area (Å²) in [4.78, 5) is 0. The summed E-state index contributed by atoms with van der Waals surface area (Å²) in [5, 5.41) is 8.20. The lowest BCUT2D eigenvalue weighted by atomic mass is 10.1. The van der Waals surface area contributed by atoms with Gasteiger partial charge in [0.25, 0.3) is 0 Å². The summed E-state index contributed by atoms with van der Waals surface area (Å²) < 4.78 is 52.3. The number of ether oxygens (including phenoxy) is 2. The van der Waals surface area contributed by atoms with Gasteiger partial charge in [-0.3, -0.25) is 8.42 Å². The first kappa shape index (κ1) is 41.3. The third-order valence-corrected chi connectivity index (χ3v) is 5.85. The number of hydrogen-bond acceptors (Lipinski definition) is 7. The molecular weight excluding hydrogens is 548 g/mol. The van der Waals surface area contributed by atoms with Crippen molar-refractivity contribution < 1.29 is 41.2 Å². The molecule has 0 aliphatic rings. The van der Waals surface area contributed by atoms with Gasteiger partial charge in [-0.25, -0.2) is 18.3 Å². The van der Waals surface area contributed by atoms with E-state index in [2.05, 4.69) is 88.4 Å². The summed E-state index contributed by atoms with van der Waals surface area (Å²) >= 11 is 0. The zero-order valence-corrected chi connectivity index (χ0v) is 27.1. The molecule has 0 spiro atoms. The van der Waals surface area contributed by atoms with Gasteiger partial charge in [-0.05, 0) is 25.7 Å². The molecule has 2 heterocycles. The van der Waals surface area contributed by atoms with E-state index in [0.717, 1.165) is 0 Å². The number of methoxy groups -OCH3 is 1. The highest BCUT2D eigenvalue weighted by atomic mass is 32.3. The van der Waals surface area contributed by atoms with E-state index in [-0.39, 0.29) is 6.61 Å². The quantitative estimate of drug-likeness (QED) is 0.112. The summed E-state index contributed by atoms with van der Waals surface area (Å²) in [6.07, 6.45) is 29.3. The van der Waals surface area contributed by atoms with Crippen molar-refractivity contribution in [2.24, 2.45) is 14.1 Å². The van der Waals surface area contributed by atoms with E-state index in [9.17, 15) is 0 Å². The minimum atomic E-state index is -5.17. The average molecular weight is 607 g/mol. The number of rotatable bonds is 19. The van der Waals surface area contributed by atoms with E-state index in [4.69, 9.17) is 27.4 Å². The first-order valence-corrected chi connectivity index (χ1v) is 16.3. The van der Waals surface area contributed by atoms with Crippen molar-refractivity contribution in [2.75, 3.05) is 33.5 Å². The Balaban J connectivity index is 0. The SMILES string of the molecule is CCCCCCCCn1cc[n+](C)c1.CCCCCCCCn1cc[n+](C)c1.COCCOCCO.O=S(=O)([O-])[O-]. The van der Waals surface area contributed by atoms with E-state index in [1.807, 2.05) is 0 Å². The molecule has 0 atom stereocenters. The smallest absolute Gasteiger partial charge is 0.243 e. The lowest BCUT2D eigenvalue weighted by Gasteiger charge is -2.06. The van der Waals surface area contributed by atoms with Gasteiger partial charge in [0.2, 0.25) is 12.7 Å². The van der Waals surface area contributed by atoms with Crippen LogP contribution in [0.1, 0.15) is 90.9 Å². The molecular formula is C29H58N4O7S. The lowest BCUT2D eigenvalue weighted by Crippen LogP contribution is -2.23. The lowest BCUT2D eigenvalue weighted by molar-refractivity contribution is -0.671. The summed E-state index contributed by atoms with van der Waals surface area (Å²) in [5.74, 6) is 0. The van der Waals surface area contributed by atoms with Crippen LogP contribution in [-0.4, -0.2) is 65.3 Å². The van der Waals surface area contributed by atoms with Gasteiger partial charge in [0.1, 0.15) is 24.8 Å². The van der Waals surface area contributed by atoms with Crippen molar-refractivity contribution in [3.8, 4) is 0 Å². The van der Waals surface area contributed by atoms with Crippen molar-refractivity contribution in [1.82, 2.24) is 9.13 Å². The Labute approximate surface area is 249 Å². The van der Waals surface area contributed by atoms with Crippen molar-refractivity contribution in [2.45, 2.75) is 104 Å². The van der Waals surface area contributed by atoms with Crippen LogP contribution in [0.4, 0.5) is 0 Å². The Hall–Kier alpha value is -1.83. The second-order valence-electron chi connectivity index (χ2n) is 9.91. The van der Waals surface area contributed by atoms with Crippen LogP contribution >= 0.6 is 0 Å². The summed E-state index contributed by atoms with van der Waals surface area (Å²) in [5.41, 5.74) is 0. The molecule has 1 N–H and O–H groups in total. The van der Waals surface area contributed by atoms with Crippen molar-refractivity contribution >= 4 is 10.4 Å². The van der Waals surface area contributed by atoms with E-state index in [1.54, 1.807) is 7.11 Å². The van der Waals surface area contributed by atoms with Crippen molar-refractivity contribution in [1.29, 1.82) is 0 Å². The number of aryl methyl sites for hydroxylation is 4.